The van der Waals surface area contributed by atoms with Crippen molar-refractivity contribution in [2.45, 2.75) is 75.4 Å². The van der Waals surface area contributed by atoms with Crippen LogP contribution in [0.25, 0.3) is 10.4 Å². The Morgan fingerprint density at radius 1 is 1.05 bits per heavy atom. The molecule has 0 unspecified atom stereocenters. The Bertz CT molecular complexity index is 1440. The number of amides is 3. The first-order valence-electron chi connectivity index (χ1n) is 13.1. The van der Waals surface area contributed by atoms with Crippen LogP contribution in [0.3, 0.4) is 0 Å². The minimum atomic E-state index is -3.95. The van der Waals surface area contributed by atoms with E-state index in [-0.39, 0.29) is 16.9 Å². The van der Waals surface area contributed by atoms with Crippen molar-refractivity contribution in [1.82, 2.24) is 20.3 Å². The second kappa shape index (κ2) is 12.4. The van der Waals surface area contributed by atoms with Gasteiger partial charge >= 0.3 is 12.1 Å². The summed E-state index contributed by atoms with van der Waals surface area (Å²) in [4.78, 5) is 28.9. The summed E-state index contributed by atoms with van der Waals surface area (Å²) in [5.41, 5.74) is 1.07. The molecule has 5 N–H and O–H groups in total. The van der Waals surface area contributed by atoms with Crippen molar-refractivity contribution in [3.05, 3.63) is 65.3 Å². The molecule has 3 aromatic rings. The zero-order chi connectivity index (χ0) is 28.9. The van der Waals surface area contributed by atoms with Gasteiger partial charge in [-0.05, 0) is 64.2 Å². The molecular formula is C28H35N5O5S2. The van der Waals surface area contributed by atoms with Crippen molar-refractivity contribution in [2.75, 3.05) is 5.32 Å². The Kier molecular flexibility index (Phi) is 9.12. The van der Waals surface area contributed by atoms with Gasteiger partial charge in [0.05, 0.1) is 14.8 Å². The first-order chi connectivity index (χ1) is 18.9. The van der Waals surface area contributed by atoms with E-state index in [0.717, 1.165) is 36.3 Å². The van der Waals surface area contributed by atoms with Gasteiger partial charge in [0.2, 0.25) is 10.0 Å². The van der Waals surface area contributed by atoms with Crippen molar-refractivity contribution in [3.63, 3.8) is 0 Å². The molecular weight excluding hydrogens is 550 g/mol. The van der Waals surface area contributed by atoms with Crippen LogP contribution in [0, 0.1) is 0 Å². The lowest BCUT2D eigenvalue weighted by Crippen LogP contribution is -2.40. The van der Waals surface area contributed by atoms with Gasteiger partial charge in [-0.1, -0.05) is 36.4 Å². The Labute approximate surface area is 238 Å². The number of sulfonamides is 1. The predicted octanol–water partition coefficient (Wildman–Crippen LogP) is 5.50. The molecule has 3 amide bonds. The predicted molar refractivity (Wildman–Crippen MR) is 156 cm³/mol. The average molecular weight is 586 g/mol. The summed E-state index contributed by atoms with van der Waals surface area (Å²) in [6.45, 7) is 5.64. The molecule has 214 valence electrons. The van der Waals surface area contributed by atoms with Gasteiger partial charge in [-0.2, -0.15) is 0 Å². The van der Waals surface area contributed by atoms with Crippen LogP contribution in [0.4, 0.5) is 15.3 Å². The van der Waals surface area contributed by atoms with E-state index < -0.39 is 27.7 Å². The highest BCUT2D eigenvalue weighted by Gasteiger charge is 2.29. The molecule has 1 aromatic heterocycles. The van der Waals surface area contributed by atoms with Gasteiger partial charge in [-0.25, -0.2) is 27.7 Å². The molecule has 40 heavy (non-hydrogen) atoms. The zero-order valence-corrected chi connectivity index (χ0v) is 24.4. The van der Waals surface area contributed by atoms with E-state index >= 15 is 0 Å². The molecule has 0 aliphatic heterocycles. The molecule has 4 rings (SSSR count). The third-order valence-electron chi connectivity index (χ3n) is 6.46. The topological polar surface area (TPSA) is 150 Å². The Hall–Kier alpha value is -3.48. The number of urea groups is 1. The first-order valence-corrected chi connectivity index (χ1v) is 15.4. The van der Waals surface area contributed by atoms with Gasteiger partial charge in [-0.15, -0.1) is 11.3 Å². The van der Waals surface area contributed by atoms with Crippen LogP contribution in [0.15, 0.2) is 59.6 Å². The molecule has 0 saturated heterocycles. The van der Waals surface area contributed by atoms with E-state index in [1.54, 1.807) is 39.1 Å². The van der Waals surface area contributed by atoms with Gasteiger partial charge in [0, 0.05) is 41.5 Å². The van der Waals surface area contributed by atoms with Crippen LogP contribution < -0.4 is 20.7 Å². The fraction of sp³-hybridized carbons (Fsp3) is 0.393. The first kappa shape index (κ1) is 29.5. The zero-order valence-electron chi connectivity index (χ0n) is 22.7. The third kappa shape index (κ3) is 8.03. The largest absolute Gasteiger partial charge is 0.465 e. The second-order valence-corrected chi connectivity index (χ2v) is 13.6. The van der Waals surface area contributed by atoms with Crippen LogP contribution in [-0.2, 0) is 16.6 Å². The van der Waals surface area contributed by atoms with Crippen LogP contribution in [0.5, 0.6) is 0 Å². The molecule has 0 atom stereocenters. The number of carbonyl (C=O) groups is 2. The fourth-order valence-corrected chi connectivity index (χ4v) is 7.55. The molecule has 1 aliphatic rings. The van der Waals surface area contributed by atoms with E-state index in [1.165, 1.54) is 17.4 Å². The van der Waals surface area contributed by atoms with Crippen molar-refractivity contribution in [1.29, 1.82) is 0 Å². The monoisotopic (exact) mass is 585 g/mol. The molecule has 2 aromatic carbocycles. The molecule has 1 fully saturated rings. The van der Waals surface area contributed by atoms with E-state index in [0.29, 0.717) is 22.7 Å². The maximum absolute atomic E-state index is 13.5. The summed E-state index contributed by atoms with van der Waals surface area (Å²) in [7, 11) is -3.95. The molecule has 10 nitrogen and oxygen atoms in total. The summed E-state index contributed by atoms with van der Waals surface area (Å²) < 4.78 is 29.7. The lowest BCUT2D eigenvalue weighted by Gasteiger charge is -2.27. The number of aromatic nitrogens is 1. The summed E-state index contributed by atoms with van der Waals surface area (Å²) in [6, 6.07) is 13.8. The minimum Gasteiger partial charge on any atom is -0.465 e. The average Bonchev–Trinajstić information content (AvgIpc) is 3.37. The van der Waals surface area contributed by atoms with E-state index in [2.05, 4.69) is 25.7 Å². The number of rotatable bonds is 8. The second-order valence-electron chi connectivity index (χ2n) is 10.9. The smallest absolute Gasteiger partial charge is 0.404 e. The van der Waals surface area contributed by atoms with Crippen LogP contribution >= 0.6 is 11.3 Å². The number of thiazole rings is 1. The number of carbonyl (C=O) groups excluding carboxylic acids is 1. The molecule has 1 aliphatic carbocycles. The van der Waals surface area contributed by atoms with Gasteiger partial charge in [0.1, 0.15) is 0 Å². The SMILES string of the molecule is CC(C)(C)NS(=O)(=O)c1cc(NC(=O)NCc2ccccc2)ccc1-c1cnc(C2CCC(NC(=O)O)CC2)s1. The highest BCUT2D eigenvalue weighted by molar-refractivity contribution is 7.89. The van der Waals surface area contributed by atoms with E-state index in [1.807, 2.05) is 30.3 Å². The van der Waals surface area contributed by atoms with Gasteiger partial charge in [-0.3, -0.25) is 0 Å². The maximum Gasteiger partial charge on any atom is 0.404 e. The van der Waals surface area contributed by atoms with Crippen molar-refractivity contribution >= 4 is 39.2 Å². The van der Waals surface area contributed by atoms with Crippen molar-refractivity contribution in [3.8, 4) is 10.4 Å². The highest BCUT2D eigenvalue weighted by Crippen LogP contribution is 2.40. The lowest BCUT2D eigenvalue weighted by atomic mass is 9.86. The molecule has 12 heteroatoms. The van der Waals surface area contributed by atoms with Crippen molar-refractivity contribution in [2.24, 2.45) is 0 Å². The van der Waals surface area contributed by atoms with Gasteiger partial charge in [0.25, 0.3) is 0 Å². The summed E-state index contributed by atoms with van der Waals surface area (Å²) >= 11 is 1.44. The van der Waals surface area contributed by atoms with E-state index in [4.69, 9.17) is 5.11 Å². The van der Waals surface area contributed by atoms with Crippen LogP contribution in [-0.4, -0.2) is 42.2 Å². The number of hydrogen-bond acceptors (Lipinski definition) is 6. The number of nitrogens with zero attached hydrogens (tertiary/aromatic N) is 1. The minimum absolute atomic E-state index is 0.0489. The highest BCUT2D eigenvalue weighted by atomic mass is 32.2. The maximum atomic E-state index is 13.5. The molecule has 0 spiro atoms. The number of anilines is 1. The Balaban J connectivity index is 1.56. The summed E-state index contributed by atoms with van der Waals surface area (Å²) in [6.07, 6.45) is 3.74. The summed E-state index contributed by atoms with van der Waals surface area (Å²) in [5, 5.41) is 18.0. The third-order valence-corrected chi connectivity index (χ3v) is 9.45. The van der Waals surface area contributed by atoms with Crippen LogP contribution in [0.2, 0.25) is 0 Å². The van der Waals surface area contributed by atoms with Crippen molar-refractivity contribution < 1.29 is 23.1 Å². The molecule has 0 radical (unpaired) electrons. The number of benzene rings is 2. The van der Waals surface area contributed by atoms with E-state index in [9.17, 15) is 18.0 Å². The molecule has 1 heterocycles. The standard InChI is InChI=1S/C28H35N5O5S2/c1-28(2,3)33-40(37,38)24-15-21(31-26(34)30-16-18-7-5-4-6-8-18)13-14-22(24)23-17-29-25(39-23)19-9-11-20(12-10-19)32-27(35)36/h4-8,13-15,17,19-20,32-33H,9-12,16H2,1-3H3,(H,35,36)(H2,30,31,34). The fourth-order valence-electron chi connectivity index (χ4n) is 4.70. The van der Waals surface area contributed by atoms with Crippen LogP contribution in [0.1, 0.15) is 62.9 Å². The molecule has 0 bridgehead atoms. The lowest BCUT2D eigenvalue weighted by molar-refractivity contribution is 0.185. The normalized spacial score (nSPS) is 17.7. The number of carboxylic acid groups (broad SMARTS) is 1. The Morgan fingerprint density at radius 2 is 1.75 bits per heavy atom. The molecule has 1 saturated carbocycles. The summed E-state index contributed by atoms with van der Waals surface area (Å²) in [5.74, 6) is 0.188. The quantitative estimate of drug-likeness (QED) is 0.236. The number of nitrogens with one attached hydrogen (secondary N) is 4. The Morgan fingerprint density at radius 3 is 2.40 bits per heavy atom. The number of hydrogen-bond donors (Lipinski definition) is 5. The van der Waals surface area contributed by atoms with Gasteiger partial charge in [0.15, 0.2) is 0 Å². The van der Waals surface area contributed by atoms with Gasteiger partial charge < -0.3 is 21.1 Å².